The number of halogens is 1. The SMILES string of the molecule is CCCOc1ccc(/C=N\NC(=O)CSc2nc3ccccc3s2)cc1Cl. The number of aromatic nitrogens is 1. The van der Waals surface area contributed by atoms with Crippen LogP contribution in [0.25, 0.3) is 10.2 Å². The zero-order valence-corrected chi connectivity index (χ0v) is 17.0. The first-order valence-electron chi connectivity index (χ1n) is 8.38. The molecule has 3 aromatic rings. The maximum absolute atomic E-state index is 11.9. The highest BCUT2D eigenvalue weighted by molar-refractivity contribution is 8.01. The van der Waals surface area contributed by atoms with Crippen LogP contribution in [0.2, 0.25) is 5.02 Å². The molecule has 5 nitrogen and oxygen atoms in total. The van der Waals surface area contributed by atoms with Crippen LogP contribution in [-0.4, -0.2) is 29.5 Å². The number of carbonyl (C=O) groups excluding carboxylic acids is 1. The molecule has 1 aromatic heterocycles. The third kappa shape index (κ3) is 5.69. The average molecular weight is 420 g/mol. The average Bonchev–Trinajstić information content (AvgIpc) is 3.09. The van der Waals surface area contributed by atoms with Gasteiger partial charge in [-0.1, -0.05) is 42.4 Å². The molecule has 0 radical (unpaired) electrons. The van der Waals surface area contributed by atoms with E-state index in [1.165, 1.54) is 11.8 Å². The zero-order valence-electron chi connectivity index (χ0n) is 14.6. The van der Waals surface area contributed by atoms with E-state index < -0.39 is 0 Å². The molecule has 1 amide bonds. The summed E-state index contributed by atoms with van der Waals surface area (Å²) in [6.45, 7) is 2.66. The molecule has 3 rings (SSSR count). The minimum Gasteiger partial charge on any atom is -0.492 e. The molecule has 27 heavy (non-hydrogen) atoms. The maximum Gasteiger partial charge on any atom is 0.250 e. The van der Waals surface area contributed by atoms with E-state index in [9.17, 15) is 4.79 Å². The van der Waals surface area contributed by atoms with Gasteiger partial charge in [-0.3, -0.25) is 4.79 Å². The van der Waals surface area contributed by atoms with E-state index >= 15 is 0 Å². The highest BCUT2D eigenvalue weighted by Crippen LogP contribution is 2.29. The van der Waals surface area contributed by atoms with E-state index in [4.69, 9.17) is 16.3 Å². The van der Waals surface area contributed by atoms with Crippen molar-refractivity contribution < 1.29 is 9.53 Å². The standard InChI is InChI=1S/C19H18ClN3O2S2/c1-2-9-25-16-8-7-13(10-14(16)20)11-21-23-18(24)12-26-19-22-15-5-3-4-6-17(15)27-19/h3-8,10-11H,2,9,12H2,1H3,(H,23,24)/b21-11-. The van der Waals surface area contributed by atoms with Gasteiger partial charge in [-0.25, -0.2) is 10.4 Å². The van der Waals surface area contributed by atoms with Gasteiger partial charge >= 0.3 is 0 Å². The molecule has 0 bridgehead atoms. The Kier molecular flexibility index (Phi) is 7.09. The van der Waals surface area contributed by atoms with Crippen LogP contribution in [0.1, 0.15) is 18.9 Å². The van der Waals surface area contributed by atoms with Gasteiger partial charge in [0, 0.05) is 0 Å². The molecule has 140 valence electrons. The molecule has 1 N–H and O–H groups in total. The number of benzene rings is 2. The van der Waals surface area contributed by atoms with Crippen molar-refractivity contribution in [1.82, 2.24) is 10.4 Å². The second-order valence-corrected chi connectivity index (χ2v) is 8.23. The third-order valence-corrected chi connectivity index (χ3v) is 5.90. The van der Waals surface area contributed by atoms with Crippen LogP contribution < -0.4 is 10.2 Å². The molecule has 0 atom stereocenters. The van der Waals surface area contributed by atoms with Crippen molar-refractivity contribution in [3.05, 3.63) is 53.1 Å². The van der Waals surface area contributed by atoms with Crippen molar-refractivity contribution in [2.45, 2.75) is 17.7 Å². The van der Waals surface area contributed by atoms with Gasteiger partial charge in [0.1, 0.15) is 5.75 Å². The van der Waals surface area contributed by atoms with E-state index in [0.717, 1.165) is 26.5 Å². The minimum absolute atomic E-state index is 0.190. The normalized spacial score (nSPS) is 11.2. The number of ether oxygens (including phenoxy) is 1. The molecule has 0 aliphatic carbocycles. The number of hydrazone groups is 1. The summed E-state index contributed by atoms with van der Waals surface area (Å²) in [5.41, 5.74) is 4.25. The molecule has 2 aromatic carbocycles. The first kappa shape index (κ1) is 19.7. The van der Waals surface area contributed by atoms with Crippen molar-refractivity contribution in [2.75, 3.05) is 12.4 Å². The minimum atomic E-state index is -0.190. The summed E-state index contributed by atoms with van der Waals surface area (Å²) in [6.07, 6.45) is 2.47. The smallest absolute Gasteiger partial charge is 0.250 e. The fourth-order valence-corrected chi connectivity index (χ4v) is 4.28. The predicted octanol–water partition coefficient (Wildman–Crippen LogP) is 4.98. The van der Waals surface area contributed by atoms with Crippen molar-refractivity contribution in [2.24, 2.45) is 5.10 Å². The lowest BCUT2D eigenvalue weighted by molar-refractivity contribution is -0.118. The van der Waals surface area contributed by atoms with Gasteiger partial charge in [0.2, 0.25) is 0 Å². The second-order valence-electron chi connectivity index (χ2n) is 5.57. The Morgan fingerprint density at radius 3 is 3.00 bits per heavy atom. The number of nitrogens with zero attached hydrogens (tertiary/aromatic N) is 2. The number of fused-ring (bicyclic) bond motifs is 1. The summed E-state index contributed by atoms with van der Waals surface area (Å²) in [4.78, 5) is 16.4. The lowest BCUT2D eigenvalue weighted by Gasteiger charge is -2.06. The van der Waals surface area contributed by atoms with Gasteiger partial charge in [-0.15, -0.1) is 11.3 Å². The Hall–Kier alpha value is -2.09. The molecule has 0 aliphatic rings. The van der Waals surface area contributed by atoms with Crippen LogP contribution in [0.4, 0.5) is 0 Å². The molecular weight excluding hydrogens is 402 g/mol. The van der Waals surface area contributed by atoms with Gasteiger partial charge in [-0.05, 0) is 42.3 Å². The molecule has 8 heteroatoms. The van der Waals surface area contributed by atoms with E-state index in [2.05, 4.69) is 15.5 Å². The number of hydrogen-bond acceptors (Lipinski definition) is 6. The second kappa shape index (κ2) is 9.73. The Morgan fingerprint density at radius 1 is 1.37 bits per heavy atom. The Morgan fingerprint density at radius 2 is 2.22 bits per heavy atom. The highest BCUT2D eigenvalue weighted by Gasteiger charge is 2.07. The number of para-hydroxylation sites is 1. The lowest BCUT2D eigenvalue weighted by atomic mass is 10.2. The van der Waals surface area contributed by atoms with Crippen LogP contribution in [0.3, 0.4) is 0 Å². The van der Waals surface area contributed by atoms with Crippen LogP contribution in [0, 0.1) is 0 Å². The van der Waals surface area contributed by atoms with Crippen LogP contribution in [-0.2, 0) is 4.79 Å². The van der Waals surface area contributed by atoms with Crippen LogP contribution >= 0.6 is 34.7 Å². The summed E-state index contributed by atoms with van der Waals surface area (Å²) in [6, 6.07) is 13.3. The Balaban J connectivity index is 1.49. The topological polar surface area (TPSA) is 63.6 Å². The van der Waals surface area contributed by atoms with Crippen molar-refractivity contribution in [3.63, 3.8) is 0 Å². The summed E-state index contributed by atoms with van der Waals surface area (Å²) in [5.74, 6) is 0.707. The molecule has 0 saturated carbocycles. The quantitative estimate of drug-likeness (QED) is 0.317. The Labute approximate surface area is 170 Å². The van der Waals surface area contributed by atoms with E-state index in [-0.39, 0.29) is 11.7 Å². The van der Waals surface area contributed by atoms with Gasteiger partial charge in [0.15, 0.2) is 4.34 Å². The monoisotopic (exact) mass is 419 g/mol. The van der Waals surface area contributed by atoms with Crippen molar-refractivity contribution in [1.29, 1.82) is 0 Å². The molecule has 0 saturated heterocycles. The molecule has 0 unspecified atom stereocenters. The van der Waals surface area contributed by atoms with Crippen LogP contribution in [0.15, 0.2) is 51.9 Å². The van der Waals surface area contributed by atoms with E-state index in [1.807, 2.05) is 37.3 Å². The number of thiazole rings is 1. The van der Waals surface area contributed by atoms with Gasteiger partial charge in [-0.2, -0.15) is 5.10 Å². The zero-order chi connectivity index (χ0) is 19.1. The Bertz CT molecular complexity index is 926. The molecule has 0 aliphatic heterocycles. The van der Waals surface area contributed by atoms with Gasteiger partial charge in [0.25, 0.3) is 5.91 Å². The summed E-state index contributed by atoms with van der Waals surface area (Å²) < 4.78 is 7.50. The predicted molar refractivity (Wildman–Crippen MR) is 113 cm³/mol. The molecule has 0 fully saturated rings. The van der Waals surface area contributed by atoms with Crippen molar-refractivity contribution in [3.8, 4) is 5.75 Å². The van der Waals surface area contributed by atoms with E-state index in [1.54, 1.807) is 29.7 Å². The first-order valence-corrected chi connectivity index (χ1v) is 10.6. The van der Waals surface area contributed by atoms with Crippen LogP contribution in [0.5, 0.6) is 5.75 Å². The number of hydrogen-bond donors (Lipinski definition) is 1. The fraction of sp³-hybridized carbons (Fsp3) is 0.211. The number of carbonyl (C=O) groups is 1. The summed E-state index contributed by atoms with van der Waals surface area (Å²) in [7, 11) is 0. The van der Waals surface area contributed by atoms with Gasteiger partial charge in [0.05, 0.1) is 33.8 Å². The molecular formula is C19H18ClN3O2S2. The largest absolute Gasteiger partial charge is 0.492 e. The number of rotatable bonds is 8. The van der Waals surface area contributed by atoms with Crippen molar-refractivity contribution >= 4 is 57.0 Å². The lowest BCUT2D eigenvalue weighted by Crippen LogP contribution is -2.19. The molecule has 0 spiro atoms. The number of amides is 1. The first-order chi connectivity index (χ1) is 13.2. The fourth-order valence-electron chi connectivity index (χ4n) is 2.18. The summed E-state index contributed by atoms with van der Waals surface area (Å²) in [5, 5.41) is 4.49. The molecule has 1 heterocycles. The third-order valence-electron chi connectivity index (χ3n) is 3.42. The van der Waals surface area contributed by atoms with Gasteiger partial charge < -0.3 is 4.74 Å². The number of thioether (sulfide) groups is 1. The maximum atomic E-state index is 11.9. The highest BCUT2D eigenvalue weighted by atomic mass is 35.5. The summed E-state index contributed by atoms with van der Waals surface area (Å²) >= 11 is 9.15. The number of nitrogens with one attached hydrogen (secondary N) is 1. The van der Waals surface area contributed by atoms with E-state index in [0.29, 0.717) is 17.4 Å².